The van der Waals surface area contributed by atoms with Gasteiger partial charge < -0.3 is 4.90 Å². The van der Waals surface area contributed by atoms with Crippen LogP contribution in [-0.4, -0.2) is 36.3 Å². The third-order valence-corrected chi connectivity index (χ3v) is 4.71. The lowest BCUT2D eigenvalue weighted by Gasteiger charge is -2.28. The van der Waals surface area contributed by atoms with E-state index in [1.807, 2.05) is 12.3 Å². The van der Waals surface area contributed by atoms with Gasteiger partial charge in [-0.25, -0.2) is 4.98 Å². The fourth-order valence-electron chi connectivity index (χ4n) is 3.00. The summed E-state index contributed by atoms with van der Waals surface area (Å²) in [6, 6.07) is 4.07. The van der Waals surface area contributed by atoms with E-state index in [0.29, 0.717) is 12.3 Å². The van der Waals surface area contributed by atoms with E-state index < -0.39 is 0 Å². The van der Waals surface area contributed by atoms with E-state index in [9.17, 15) is 4.79 Å². The Morgan fingerprint density at radius 3 is 2.65 bits per heavy atom. The standard InChI is InChI=1S/C15H21N3OS/c19-15-8-12(11-20)10-18(15)14-5-4-13(9-16-14)17-6-2-1-3-7-17/h4-5,9,12,20H,1-3,6-8,10-11H2. The van der Waals surface area contributed by atoms with Crippen LogP contribution in [0.15, 0.2) is 18.3 Å². The molecule has 3 rings (SSSR count). The highest BCUT2D eigenvalue weighted by molar-refractivity contribution is 7.80. The molecule has 108 valence electrons. The molecule has 2 saturated heterocycles. The van der Waals surface area contributed by atoms with Gasteiger partial charge in [-0.15, -0.1) is 0 Å². The van der Waals surface area contributed by atoms with Gasteiger partial charge in [0.15, 0.2) is 0 Å². The maximum atomic E-state index is 12.0. The van der Waals surface area contributed by atoms with Gasteiger partial charge in [-0.05, 0) is 43.1 Å². The summed E-state index contributed by atoms with van der Waals surface area (Å²) in [5, 5.41) is 0. The summed E-state index contributed by atoms with van der Waals surface area (Å²) in [5.41, 5.74) is 1.17. The summed E-state index contributed by atoms with van der Waals surface area (Å²) in [6.45, 7) is 2.98. The predicted octanol–water partition coefficient (Wildman–Crippen LogP) is 2.35. The van der Waals surface area contributed by atoms with Gasteiger partial charge in [-0.1, -0.05) is 0 Å². The van der Waals surface area contributed by atoms with Gasteiger partial charge in [0, 0.05) is 26.1 Å². The fraction of sp³-hybridized carbons (Fsp3) is 0.600. The van der Waals surface area contributed by atoms with Crippen molar-refractivity contribution in [3.63, 3.8) is 0 Å². The normalized spacial score (nSPS) is 23.4. The van der Waals surface area contributed by atoms with E-state index in [-0.39, 0.29) is 5.91 Å². The first-order valence-electron chi connectivity index (χ1n) is 7.40. The number of carbonyl (C=O) groups is 1. The van der Waals surface area contributed by atoms with Crippen molar-refractivity contribution >= 4 is 30.0 Å². The van der Waals surface area contributed by atoms with Crippen LogP contribution >= 0.6 is 12.6 Å². The Hall–Kier alpha value is -1.23. The molecule has 20 heavy (non-hydrogen) atoms. The van der Waals surface area contributed by atoms with Crippen molar-refractivity contribution in [1.82, 2.24) is 4.98 Å². The molecule has 0 aliphatic carbocycles. The van der Waals surface area contributed by atoms with E-state index in [1.165, 1.54) is 24.9 Å². The number of carbonyl (C=O) groups excluding carboxylic acids is 1. The average Bonchev–Trinajstić information content (AvgIpc) is 2.89. The van der Waals surface area contributed by atoms with Gasteiger partial charge in [0.25, 0.3) is 0 Å². The lowest BCUT2D eigenvalue weighted by atomic mass is 10.1. The molecule has 0 aromatic carbocycles. The molecule has 1 atom stereocenters. The predicted molar refractivity (Wildman–Crippen MR) is 84.6 cm³/mol. The smallest absolute Gasteiger partial charge is 0.228 e. The van der Waals surface area contributed by atoms with Gasteiger partial charge in [0.2, 0.25) is 5.91 Å². The van der Waals surface area contributed by atoms with Crippen LogP contribution in [0.5, 0.6) is 0 Å². The molecule has 1 aromatic rings. The number of hydrogen-bond acceptors (Lipinski definition) is 4. The van der Waals surface area contributed by atoms with E-state index in [2.05, 4.69) is 28.6 Å². The molecule has 0 N–H and O–H groups in total. The molecule has 4 nitrogen and oxygen atoms in total. The van der Waals surface area contributed by atoms with Gasteiger partial charge in [-0.2, -0.15) is 12.6 Å². The molecule has 0 spiro atoms. The quantitative estimate of drug-likeness (QED) is 0.869. The fourth-order valence-corrected chi connectivity index (χ4v) is 3.25. The second-order valence-electron chi connectivity index (χ2n) is 5.68. The maximum Gasteiger partial charge on any atom is 0.228 e. The highest BCUT2D eigenvalue weighted by Gasteiger charge is 2.30. The Balaban J connectivity index is 1.71. The summed E-state index contributed by atoms with van der Waals surface area (Å²) in [6.07, 6.45) is 6.35. The van der Waals surface area contributed by atoms with Gasteiger partial charge in [0.05, 0.1) is 11.9 Å². The first-order valence-corrected chi connectivity index (χ1v) is 8.03. The minimum Gasteiger partial charge on any atom is -0.370 e. The second-order valence-corrected chi connectivity index (χ2v) is 6.04. The van der Waals surface area contributed by atoms with Crippen LogP contribution < -0.4 is 9.80 Å². The summed E-state index contributed by atoms with van der Waals surface area (Å²) < 4.78 is 0. The molecule has 0 saturated carbocycles. The van der Waals surface area contributed by atoms with Crippen LogP contribution in [0, 0.1) is 5.92 Å². The van der Waals surface area contributed by atoms with Gasteiger partial charge >= 0.3 is 0 Å². The Labute approximate surface area is 125 Å². The van der Waals surface area contributed by atoms with Crippen molar-refractivity contribution in [1.29, 1.82) is 0 Å². The number of amides is 1. The summed E-state index contributed by atoms with van der Waals surface area (Å²) in [5.74, 6) is 2.06. The topological polar surface area (TPSA) is 36.4 Å². The number of aromatic nitrogens is 1. The summed E-state index contributed by atoms with van der Waals surface area (Å²) >= 11 is 4.29. The summed E-state index contributed by atoms with van der Waals surface area (Å²) in [7, 11) is 0. The Morgan fingerprint density at radius 2 is 2.05 bits per heavy atom. The Kier molecular flexibility index (Phi) is 4.15. The molecule has 0 bridgehead atoms. The van der Waals surface area contributed by atoms with Crippen LogP contribution in [0.4, 0.5) is 11.5 Å². The largest absolute Gasteiger partial charge is 0.370 e. The highest BCUT2D eigenvalue weighted by atomic mass is 32.1. The Bertz CT molecular complexity index is 471. The first-order chi connectivity index (χ1) is 9.78. The van der Waals surface area contributed by atoms with E-state index in [1.54, 1.807) is 4.90 Å². The number of anilines is 2. The molecule has 0 radical (unpaired) electrons. The number of nitrogens with zero attached hydrogens (tertiary/aromatic N) is 3. The monoisotopic (exact) mass is 291 g/mol. The van der Waals surface area contributed by atoms with E-state index in [0.717, 1.165) is 31.2 Å². The van der Waals surface area contributed by atoms with Crippen LogP contribution in [0.25, 0.3) is 0 Å². The van der Waals surface area contributed by atoms with Crippen LogP contribution in [0.1, 0.15) is 25.7 Å². The zero-order valence-electron chi connectivity index (χ0n) is 11.7. The number of rotatable bonds is 3. The van der Waals surface area contributed by atoms with Crippen molar-refractivity contribution in [2.75, 3.05) is 35.2 Å². The minimum atomic E-state index is 0.169. The van der Waals surface area contributed by atoms with Crippen molar-refractivity contribution in [3.05, 3.63) is 18.3 Å². The third-order valence-electron chi connectivity index (χ3n) is 4.19. The Morgan fingerprint density at radius 1 is 1.25 bits per heavy atom. The zero-order chi connectivity index (χ0) is 13.9. The van der Waals surface area contributed by atoms with Crippen LogP contribution in [-0.2, 0) is 4.79 Å². The zero-order valence-corrected chi connectivity index (χ0v) is 12.6. The third kappa shape index (κ3) is 2.77. The van der Waals surface area contributed by atoms with Crippen molar-refractivity contribution in [3.8, 4) is 0 Å². The van der Waals surface area contributed by atoms with Crippen LogP contribution in [0.3, 0.4) is 0 Å². The molecule has 2 aliphatic rings. The first kappa shape index (κ1) is 13.7. The number of thiol groups is 1. The molecule has 2 fully saturated rings. The van der Waals surface area contributed by atoms with E-state index in [4.69, 9.17) is 0 Å². The van der Waals surface area contributed by atoms with Crippen molar-refractivity contribution < 1.29 is 4.79 Å². The van der Waals surface area contributed by atoms with Gasteiger partial charge in [0.1, 0.15) is 5.82 Å². The molecule has 5 heteroatoms. The summed E-state index contributed by atoms with van der Waals surface area (Å²) in [4.78, 5) is 20.6. The lowest BCUT2D eigenvalue weighted by Crippen LogP contribution is -2.30. The molecular formula is C15H21N3OS. The average molecular weight is 291 g/mol. The van der Waals surface area contributed by atoms with Crippen LogP contribution in [0.2, 0.25) is 0 Å². The highest BCUT2D eigenvalue weighted by Crippen LogP contribution is 2.26. The van der Waals surface area contributed by atoms with E-state index >= 15 is 0 Å². The SMILES string of the molecule is O=C1CC(CS)CN1c1ccc(N2CCCCC2)cn1. The second kappa shape index (κ2) is 6.04. The van der Waals surface area contributed by atoms with Crippen molar-refractivity contribution in [2.45, 2.75) is 25.7 Å². The number of pyridine rings is 1. The van der Waals surface area contributed by atoms with Crippen molar-refractivity contribution in [2.24, 2.45) is 5.92 Å². The molecule has 1 amide bonds. The molecule has 3 heterocycles. The van der Waals surface area contributed by atoms with Gasteiger partial charge in [-0.3, -0.25) is 9.69 Å². The molecule has 2 aliphatic heterocycles. The number of hydrogen-bond donors (Lipinski definition) is 1. The number of piperidine rings is 1. The minimum absolute atomic E-state index is 0.169. The molecular weight excluding hydrogens is 270 g/mol. The molecule has 1 unspecified atom stereocenters. The molecule has 1 aromatic heterocycles. The maximum absolute atomic E-state index is 12.0. The lowest BCUT2D eigenvalue weighted by molar-refractivity contribution is -0.117.